The molecule has 0 unspecified atom stereocenters. The van der Waals surface area contributed by atoms with E-state index in [4.69, 9.17) is 27.8 Å². The topological polar surface area (TPSA) is 97.3 Å². The van der Waals surface area contributed by atoms with Gasteiger partial charge in [-0.25, -0.2) is 4.79 Å². The summed E-state index contributed by atoms with van der Waals surface area (Å²) in [5, 5.41) is 0.980. The molecule has 5 aromatic rings. The number of carbonyl (C=O) groups is 1. The number of fused-ring (bicyclic) bond motifs is 2. The molecule has 0 bridgehead atoms. The lowest BCUT2D eigenvalue weighted by Gasteiger charge is -2.08. The molecule has 3 aromatic carbocycles. The minimum Gasteiger partial charge on any atom is -0.497 e. The fraction of sp³-hybridized carbons (Fsp3) is 0.0769. The molecule has 170 valence electrons. The molecule has 8 heteroatoms. The molecule has 0 aliphatic carbocycles. The van der Waals surface area contributed by atoms with Crippen molar-refractivity contribution in [1.82, 2.24) is 0 Å². The van der Waals surface area contributed by atoms with Crippen LogP contribution in [-0.2, 0) is 0 Å². The van der Waals surface area contributed by atoms with E-state index >= 15 is 0 Å². The molecule has 0 N–H and O–H groups in total. The summed E-state index contributed by atoms with van der Waals surface area (Å²) in [6.07, 6.45) is 1.21. The molecule has 0 fully saturated rings. The summed E-state index contributed by atoms with van der Waals surface area (Å²) < 4.78 is 32.7. The highest BCUT2D eigenvalue weighted by atomic mass is 16.5. The van der Waals surface area contributed by atoms with Gasteiger partial charge in [0, 0.05) is 17.5 Å². The summed E-state index contributed by atoms with van der Waals surface area (Å²) in [6, 6.07) is 18.2. The molecule has 0 amide bonds. The smallest absolute Gasteiger partial charge is 0.379 e. The molecular weight excluding hydrogens is 440 g/mol. The van der Waals surface area contributed by atoms with Gasteiger partial charge in [0.05, 0.1) is 19.6 Å². The van der Waals surface area contributed by atoms with Crippen molar-refractivity contribution in [2.45, 2.75) is 0 Å². The number of hydrogen-bond donors (Lipinski definition) is 0. The first kappa shape index (κ1) is 21.1. The second-order valence-electron chi connectivity index (χ2n) is 7.25. The van der Waals surface area contributed by atoms with Crippen LogP contribution in [-0.4, -0.2) is 20.2 Å². The van der Waals surface area contributed by atoms with Gasteiger partial charge in [0.25, 0.3) is 0 Å². The van der Waals surface area contributed by atoms with Crippen molar-refractivity contribution in [3.05, 3.63) is 89.0 Å². The van der Waals surface area contributed by atoms with Crippen LogP contribution in [0, 0.1) is 0 Å². The van der Waals surface area contributed by atoms with Gasteiger partial charge in [0.2, 0.25) is 16.9 Å². The van der Waals surface area contributed by atoms with Crippen LogP contribution in [0.4, 0.5) is 0 Å². The molecule has 34 heavy (non-hydrogen) atoms. The van der Waals surface area contributed by atoms with Crippen molar-refractivity contribution in [3.63, 3.8) is 0 Å². The highest BCUT2D eigenvalue weighted by Gasteiger charge is 2.18. The number of rotatable bonds is 6. The van der Waals surface area contributed by atoms with Crippen LogP contribution < -0.4 is 24.4 Å². The van der Waals surface area contributed by atoms with Gasteiger partial charge >= 0.3 is 5.97 Å². The zero-order valence-corrected chi connectivity index (χ0v) is 18.2. The van der Waals surface area contributed by atoms with Crippen LogP contribution in [0.25, 0.3) is 21.9 Å². The predicted octanol–water partition coefficient (Wildman–Crippen LogP) is 5.57. The molecule has 0 saturated heterocycles. The van der Waals surface area contributed by atoms with Crippen molar-refractivity contribution < 1.29 is 32.6 Å². The monoisotopic (exact) mass is 458 g/mol. The third-order valence-corrected chi connectivity index (χ3v) is 5.12. The third kappa shape index (κ3) is 3.93. The average Bonchev–Trinajstić information content (AvgIpc) is 3.31. The number of para-hydroxylation sites is 1. The minimum atomic E-state index is -0.696. The van der Waals surface area contributed by atoms with Crippen molar-refractivity contribution in [1.29, 1.82) is 0 Å². The normalized spacial score (nSPS) is 10.9. The van der Waals surface area contributed by atoms with Gasteiger partial charge in [-0.05, 0) is 36.4 Å². The van der Waals surface area contributed by atoms with Gasteiger partial charge in [0.15, 0.2) is 11.3 Å². The Kier molecular flexibility index (Phi) is 5.39. The number of carbonyl (C=O) groups excluding carboxylic acids is 1. The first-order chi connectivity index (χ1) is 16.6. The molecule has 5 rings (SSSR count). The van der Waals surface area contributed by atoms with Gasteiger partial charge in [-0.2, -0.15) is 0 Å². The van der Waals surface area contributed by atoms with Crippen LogP contribution in [0.2, 0.25) is 0 Å². The summed E-state index contributed by atoms with van der Waals surface area (Å²) in [4.78, 5) is 25.5. The first-order valence-corrected chi connectivity index (χ1v) is 10.2. The van der Waals surface area contributed by atoms with Crippen molar-refractivity contribution in [2.75, 3.05) is 14.2 Å². The second-order valence-corrected chi connectivity index (χ2v) is 7.25. The fourth-order valence-corrected chi connectivity index (χ4v) is 3.47. The van der Waals surface area contributed by atoms with E-state index in [1.807, 2.05) is 0 Å². The molecule has 8 nitrogen and oxygen atoms in total. The maximum atomic E-state index is 12.9. The molecular formula is C26H18O8. The Hall–Kier alpha value is -4.72. The number of methoxy groups -OCH3 is 2. The molecule has 0 aliphatic rings. The van der Waals surface area contributed by atoms with E-state index in [0.29, 0.717) is 28.2 Å². The summed E-state index contributed by atoms with van der Waals surface area (Å²) in [5.41, 5.74) is 0.316. The summed E-state index contributed by atoms with van der Waals surface area (Å²) in [6.45, 7) is 0. The van der Waals surface area contributed by atoms with Crippen LogP contribution in [0.5, 0.6) is 28.7 Å². The Morgan fingerprint density at radius 3 is 2.47 bits per heavy atom. The van der Waals surface area contributed by atoms with Gasteiger partial charge < -0.3 is 27.8 Å². The number of benzene rings is 3. The number of furan rings is 1. The Bertz CT molecular complexity index is 1580. The lowest BCUT2D eigenvalue weighted by molar-refractivity contribution is 0.0704. The van der Waals surface area contributed by atoms with E-state index in [2.05, 4.69) is 0 Å². The Balaban J connectivity index is 1.39. The molecule has 0 atom stereocenters. The zero-order chi connectivity index (χ0) is 23.7. The maximum Gasteiger partial charge on any atom is 0.379 e. The Morgan fingerprint density at radius 2 is 1.65 bits per heavy atom. The Morgan fingerprint density at radius 1 is 0.824 bits per heavy atom. The van der Waals surface area contributed by atoms with Crippen LogP contribution in [0.3, 0.4) is 0 Å². The quantitative estimate of drug-likeness (QED) is 0.241. The SMILES string of the molecule is COc1cccc(Oc2coc3cc(OC(=O)c4cc5cccc(OC)c5o4)ccc3c2=O)c1. The molecule has 0 aliphatic heterocycles. The van der Waals surface area contributed by atoms with Crippen LogP contribution >= 0.6 is 0 Å². The zero-order valence-electron chi connectivity index (χ0n) is 18.2. The van der Waals surface area contributed by atoms with E-state index in [0.717, 1.165) is 0 Å². The molecule has 2 heterocycles. The molecule has 2 aromatic heterocycles. The van der Waals surface area contributed by atoms with Crippen LogP contribution in [0.15, 0.2) is 86.6 Å². The molecule has 0 radical (unpaired) electrons. The molecule has 0 spiro atoms. The summed E-state index contributed by atoms with van der Waals surface area (Å²) >= 11 is 0. The van der Waals surface area contributed by atoms with Crippen molar-refractivity contribution >= 4 is 27.9 Å². The number of ether oxygens (including phenoxy) is 4. The van der Waals surface area contributed by atoms with E-state index in [1.54, 1.807) is 55.6 Å². The predicted molar refractivity (Wildman–Crippen MR) is 123 cm³/mol. The van der Waals surface area contributed by atoms with Crippen molar-refractivity contribution in [2.24, 2.45) is 0 Å². The lowest BCUT2D eigenvalue weighted by Crippen LogP contribution is -2.08. The van der Waals surface area contributed by atoms with E-state index in [9.17, 15) is 9.59 Å². The highest BCUT2D eigenvalue weighted by molar-refractivity contribution is 5.95. The largest absolute Gasteiger partial charge is 0.497 e. The van der Waals surface area contributed by atoms with E-state index < -0.39 is 5.97 Å². The van der Waals surface area contributed by atoms with E-state index in [-0.39, 0.29) is 33.7 Å². The van der Waals surface area contributed by atoms with Crippen molar-refractivity contribution in [3.8, 4) is 28.7 Å². The van der Waals surface area contributed by atoms with Gasteiger partial charge in [-0.3, -0.25) is 4.79 Å². The Labute approximate surface area is 192 Å². The maximum absolute atomic E-state index is 12.9. The number of esters is 1. The minimum absolute atomic E-state index is 0.0155. The summed E-state index contributed by atoms with van der Waals surface area (Å²) in [5.74, 6) is 1.06. The third-order valence-electron chi connectivity index (χ3n) is 5.12. The highest BCUT2D eigenvalue weighted by Crippen LogP contribution is 2.30. The average molecular weight is 458 g/mol. The van der Waals surface area contributed by atoms with Gasteiger partial charge in [0.1, 0.15) is 29.1 Å². The molecule has 0 saturated carbocycles. The van der Waals surface area contributed by atoms with Crippen LogP contribution in [0.1, 0.15) is 10.6 Å². The van der Waals surface area contributed by atoms with Gasteiger partial charge in [-0.1, -0.05) is 18.2 Å². The second kappa shape index (κ2) is 8.67. The summed E-state index contributed by atoms with van der Waals surface area (Å²) in [7, 11) is 3.06. The fourth-order valence-electron chi connectivity index (χ4n) is 3.47. The van der Waals surface area contributed by atoms with E-state index in [1.165, 1.54) is 31.6 Å². The standard InChI is InChI=1S/C26H18O8/c1-29-16-6-4-7-17(12-16)32-23-14-31-21-13-18(9-10-19(21)24(23)27)33-26(28)22-11-15-5-3-8-20(30-2)25(15)34-22/h3-14H,1-2H3. The van der Waals surface area contributed by atoms with Gasteiger partial charge in [-0.15, -0.1) is 0 Å². The lowest BCUT2D eigenvalue weighted by atomic mass is 10.2. The number of hydrogen-bond acceptors (Lipinski definition) is 8. The first-order valence-electron chi connectivity index (χ1n) is 10.2.